The van der Waals surface area contributed by atoms with Gasteiger partial charge in [0.05, 0.1) is 12.7 Å². The molecular weight excluding hydrogens is 256 g/mol. The zero-order valence-electron chi connectivity index (χ0n) is 12.5. The van der Waals surface area contributed by atoms with E-state index < -0.39 is 0 Å². The van der Waals surface area contributed by atoms with Gasteiger partial charge in [-0.1, -0.05) is 13.3 Å². The third-order valence-corrected chi connectivity index (χ3v) is 2.94. The Morgan fingerprint density at radius 3 is 2.60 bits per heavy atom. The van der Waals surface area contributed by atoms with Crippen LogP contribution in [0.3, 0.4) is 0 Å². The number of ether oxygens (including phenoxy) is 1. The minimum atomic E-state index is -0.173. The molecule has 0 saturated heterocycles. The lowest BCUT2D eigenvalue weighted by atomic mass is 10.1. The number of nitrogens with one attached hydrogen (secondary N) is 1. The molecule has 2 amide bonds. The summed E-state index contributed by atoms with van der Waals surface area (Å²) in [5.41, 5.74) is 1.04. The van der Waals surface area contributed by atoms with Gasteiger partial charge in [-0.15, -0.1) is 0 Å². The van der Waals surface area contributed by atoms with Crippen molar-refractivity contribution in [2.75, 3.05) is 26.0 Å². The van der Waals surface area contributed by atoms with Crippen molar-refractivity contribution in [2.24, 2.45) is 0 Å². The maximum atomic E-state index is 12.4. The van der Waals surface area contributed by atoms with Gasteiger partial charge in [-0.25, -0.2) is 0 Å². The summed E-state index contributed by atoms with van der Waals surface area (Å²) in [6.45, 7) is 4.21. The predicted octanol–water partition coefficient (Wildman–Crippen LogP) is 2.53. The Morgan fingerprint density at radius 1 is 1.35 bits per heavy atom. The maximum absolute atomic E-state index is 12.4. The lowest BCUT2D eigenvalue weighted by Gasteiger charge is -2.19. The third-order valence-electron chi connectivity index (χ3n) is 2.94. The zero-order chi connectivity index (χ0) is 15.1. The van der Waals surface area contributed by atoms with Crippen LogP contribution >= 0.6 is 0 Å². The second kappa shape index (κ2) is 7.53. The van der Waals surface area contributed by atoms with Crippen molar-refractivity contribution in [1.29, 1.82) is 0 Å². The number of carbonyl (C=O) groups is 2. The molecule has 0 fully saturated rings. The highest BCUT2D eigenvalue weighted by atomic mass is 16.5. The molecule has 0 heterocycles. The van der Waals surface area contributed by atoms with Gasteiger partial charge in [-0.3, -0.25) is 9.59 Å². The lowest BCUT2D eigenvalue weighted by molar-refractivity contribution is -0.114. The largest absolute Gasteiger partial charge is 0.496 e. The van der Waals surface area contributed by atoms with Gasteiger partial charge < -0.3 is 15.0 Å². The summed E-state index contributed by atoms with van der Waals surface area (Å²) < 4.78 is 5.22. The van der Waals surface area contributed by atoms with E-state index in [1.54, 1.807) is 30.1 Å². The van der Waals surface area contributed by atoms with E-state index in [9.17, 15) is 9.59 Å². The van der Waals surface area contributed by atoms with Crippen molar-refractivity contribution in [1.82, 2.24) is 4.90 Å². The van der Waals surface area contributed by atoms with Crippen molar-refractivity contribution in [3.8, 4) is 5.75 Å². The van der Waals surface area contributed by atoms with E-state index in [1.807, 2.05) is 0 Å². The van der Waals surface area contributed by atoms with Crippen molar-refractivity contribution >= 4 is 17.5 Å². The topological polar surface area (TPSA) is 58.6 Å². The Bertz CT molecular complexity index is 486. The quantitative estimate of drug-likeness (QED) is 0.870. The summed E-state index contributed by atoms with van der Waals surface area (Å²) in [6, 6.07) is 5.04. The Hall–Kier alpha value is -2.04. The average Bonchev–Trinajstić information content (AvgIpc) is 2.43. The van der Waals surface area contributed by atoms with Crippen LogP contribution in [0.5, 0.6) is 5.75 Å². The molecule has 0 bridgehead atoms. The van der Waals surface area contributed by atoms with Gasteiger partial charge in [0.15, 0.2) is 0 Å². The van der Waals surface area contributed by atoms with Crippen molar-refractivity contribution in [3.05, 3.63) is 23.8 Å². The molecule has 110 valence electrons. The van der Waals surface area contributed by atoms with Gasteiger partial charge in [-0.05, 0) is 24.6 Å². The Labute approximate surface area is 119 Å². The fourth-order valence-corrected chi connectivity index (χ4v) is 1.86. The van der Waals surface area contributed by atoms with Crippen LogP contribution in [0.15, 0.2) is 18.2 Å². The van der Waals surface area contributed by atoms with E-state index >= 15 is 0 Å². The molecule has 0 radical (unpaired) electrons. The molecule has 0 saturated carbocycles. The van der Waals surface area contributed by atoms with Gasteiger partial charge >= 0.3 is 0 Å². The van der Waals surface area contributed by atoms with Crippen molar-refractivity contribution in [2.45, 2.75) is 26.7 Å². The number of nitrogens with zero attached hydrogens (tertiary/aromatic N) is 1. The standard InChI is InChI=1S/C15H22N2O3/c1-5-6-9-17(3)15(19)13-10-12(16-11(2)18)7-8-14(13)20-4/h7-8,10H,5-6,9H2,1-4H3,(H,16,18). The van der Waals surface area contributed by atoms with Crippen molar-refractivity contribution < 1.29 is 14.3 Å². The molecule has 0 aliphatic carbocycles. The molecule has 0 unspecified atom stereocenters. The van der Waals surface area contributed by atoms with Crippen LogP contribution in [0.4, 0.5) is 5.69 Å². The monoisotopic (exact) mass is 278 g/mol. The summed E-state index contributed by atoms with van der Waals surface area (Å²) in [6.07, 6.45) is 1.98. The number of methoxy groups -OCH3 is 1. The fraction of sp³-hybridized carbons (Fsp3) is 0.467. The first kappa shape index (κ1) is 16.0. The summed E-state index contributed by atoms with van der Waals surface area (Å²) >= 11 is 0. The molecule has 0 aliphatic heterocycles. The molecule has 0 aromatic heterocycles. The first-order valence-corrected chi connectivity index (χ1v) is 6.70. The van der Waals surface area contributed by atoms with Crippen LogP contribution in [0.25, 0.3) is 0 Å². The minimum Gasteiger partial charge on any atom is -0.496 e. The molecule has 1 aromatic rings. The van der Waals surface area contributed by atoms with Gasteiger partial charge in [0.1, 0.15) is 5.75 Å². The van der Waals surface area contributed by atoms with E-state index in [4.69, 9.17) is 4.74 Å². The number of hydrogen-bond acceptors (Lipinski definition) is 3. The number of rotatable bonds is 6. The van der Waals surface area contributed by atoms with Crippen LogP contribution in [-0.2, 0) is 4.79 Å². The lowest BCUT2D eigenvalue weighted by Crippen LogP contribution is -2.28. The van der Waals surface area contributed by atoms with Crippen LogP contribution in [0, 0.1) is 0 Å². The fourth-order valence-electron chi connectivity index (χ4n) is 1.86. The molecule has 5 heteroatoms. The van der Waals surface area contributed by atoms with E-state index in [0.29, 0.717) is 23.5 Å². The number of anilines is 1. The first-order valence-electron chi connectivity index (χ1n) is 6.70. The summed E-state index contributed by atoms with van der Waals surface area (Å²) in [5.74, 6) is 0.225. The third kappa shape index (κ3) is 4.26. The highest BCUT2D eigenvalue weighted by molar-refractivity contribution is 5.99. The number of carbonyl (C=O) groups excluding carboxylic acids is 2. The molecule has 0 spiro atoms. The highest BCUT2D eigenvalue weighted by Gasteiger charge is 2.17. The van der Waals surface area contributed by atoms with Crippen molar-refractivity contribution in [3.63, 3.8) is 0 Å². The smallest absolute Gasteiger partial charge is 0.257 e. The number of hydrogen-bond donors (Lipinski definition) is 1. The molecule has 20 heavy (non-hydrogen) atoms. The first-order chi connectivity index (χ1) is 9.49. The molecule has 0 atom stereocenters. The van der Waals surface area contributed by atoms with E-state index in [-0.39, 0.29) is 11.8 Å². The van der Waals surface area contributed by atoms with Crippen LogP contribution < -0.4 is 10.1 Å². The normalized spacial score (nSPS) is 10.0. The van der Waals surface area contributed by atoms with E-state index in [0.717, 1.165) is 12.8 Å². The van der Waals surface area contributed by atoms with Crippen LogP contribution in [0.2, 0.25) is 0 Å². The Balaban J connectivity index is 3.00. The molecule has 0 aliphatic rings. The van der Waals surface area contributed by atoms with Gasteiger partial charge in [-0.2, -0.15) is 0 Å². The molecule has 1 rings (SSSR count). The van der Waals surface area contributed by atoms with E-state index in [2.05, 4.69) is 12.2 Å². The summed E-state index contributed by atoms with van der Waals surface area (Å²) in [7, 11) is 3.29. The van der Waals surface area contributed by atoms with Gasteiger partial charge in [0.2, 0.25) is 5.91 Å². The second-order valence-electron chi connectivity index (χ2n) is 4.68. The molecule has 5 nitrogen and oxygen atoms in total. The Kier molecular flexibility index (Phi) is 6.03. The van der Waals surface area contributed by atoms with Crippen LogP contribution in [0.1, 0.15) is 37.0 Å². The minimum absolute atomic E-state index is 0.109. The maximum Gasteiger partial charge on any atom is 0.257 e. The SMILES string of the molecule is CCCCN(C)C(=O)c1cc(NC(C)=O)ccc1OC. The second-order valence-corrected chi connectivity index (χ2v) is 4.68. The highest BCUT2D eigenvalue weighted by Crippen LogP contribution is 2.24. The average molecular weight is 278 g/mol. The number of amides is 2. The molecule has 1 aromatic carbocycles. The zero-order valence-corrected chi connectivity index (χ0v) is 12.5. The van der Waals surface area contributed by atoms with Gasteiger partial charge in [0.25, 0.3) is 5.91 Å². The molecular formula is C15H22N2O3. The summed E-state index contributed by atoms with van der Waals surface area (Å²) in [5, 5.41) is 2.67. The summed E-state index contributed by atoms with van der Waals surface area (Å²) in [4.78, 5) is 25.2. The predicted molar refractivity (Wildman–Crippen MR) is 79.2 cm³/mol. The van der Waals surface area contributed by atoms with Gasteiger partial charge in [0, 0.05) is 26.2 Å². The van der Waals surface area contributed by atoms with Crippen LogP contribution in [-0.4, -0.2) is 37.4 Å². The van der Waals surface area contributed by atoms with E-state index in [1.165, 1.54) is 14.0 Å². The Morgan fingerprint density at radius 2 is 2.05 bits per heavy atom. The molecule has 1 N–H and O–H groups in total. The number of unbranched alkanes of at least 4 members (excludes halogenated alkanes) is 1. The number of benzene rings is 1.